The standard InChI is InChI=1S/C13H18F2N2/c1-13(2,15)9-3-4-12(11(14)7-9)17-10-5-6-16-8-10/h3-4,7,10,16-17H,5-6,8H2,1-2H3. The van der Waals surface area contributed by atoms with Crippen LogP contribution < -0.4 is 10.6 Å². The van der Waals surface area contributed by atoms with Crippen molar-refractivity contribution in [1.82, 2.24) is 5.32 Å². The summed E-state index contributed by atoms with van der Waals surface area (Å²) in [6.45, 7) is 4.65. The van der Waals surface area contributed by atoms with E-state index in [-0.39, 0.29) is 11.9 Å². The van der Waals surface area contributed by atoms with Crippen LogP contribution in [0.4, 0.5) is 14.5 Å². The van der Waals surface area contributed by atoms with Crippen molar-refractivity contribution in [3.63, 3.8) is 0 Å². The van der Waals surface area contributed by atoms with Crippen molar-refractivity contribution in [3.8, 4) is 0 Å². The fraction of sp³-hybridized carbons (Fsp3) is 0.538. The van der Waals surface area contributed by atoms with Gasteiger partial charge in [-0.15, -0.1) is 0 Å². The molecule has 2 rings (SSSR count). The smallest absolute Gasteiger partial charge is 0.146 e. The highest BCUT2D eigenvalue weighted by atomic mass is 19.1. The van der Waals surface area contributed by atoms with Crippen LogP contribution in [0.25, 0.3) is 0 Å². The van der Waals surface area contributed by atoms with Crippen molar-refractivity contribution in [2.75, 3.05) is 18.4 Å². The zero-order valence-electron chi connectivity index (χ0n) is 10.2. The molecule has 1 heterocycles. The highest BCUT2D eigenvalue weighted by molar-refractivity contribution is 5.48. The lowest BCUT2D eigenvalue weighted by Crippen LogP contribution is -2.22. The van der Waals surface area contributed by atoms with Crippen LogP contribution in [-0.2, 0) is 5.67 Å². The molecule has 17 heavy (non-hydrogen) atoms. The Morgan fingerprint density at radius 1 is 1.41 bits per heavy atom. The van der Waals surface area contributed by atoms with Crippen molar-refractivity contribution in [2.45, 2.75) is 32.0 Å². The molecule has 1 aliphatic rings. The summed E-state index contributed by atoms with van der Waals surface area (Å²) in [7, 11) is 0. The van der Waals surface area contributed by atoms with E-state index in [1.54, 1.807) is 12.1 Å². The minimum atomic E-state index is -1.51. The maximum Gasteiger partial charge on any atom is 0.146 e. The molecule has 0 spiro atoms. The number of hydrogen-bond donors (Lipinski definition) is 2. The number of alkyl halides is 1. The number of nitrogens with one attached hydrogen (secondary N) is 2. The minimum Gasteiger partial charge on any atom is -0.379 e. The van der Waals surface area contributed by atoms with Crippen LogP contribution in [0.15, 0.2) is 18.2 Å². The lowest BCUT2D eigenvalue weighted by molar-refractivity contribution is 0.221. The summed E-state index contributed by atoms with van der Waals surface area (Å²) in [5, 5.41) is 6.33. The first-order valence-corrected chi connectivity index (χ1v) is 5.93. The van der Waals surface area contributed by atoms with Crippen molar-refractivity contribution in [1.29, 1.82) is 0 Å². The average molecular weight is 240 g/mol. The van der Waals surface area contributed by atoms with E-state index in [0.29, 0.717) is 11.3 Å². The number of benzene rings is 1. The van der Waals surface area contributed by atoms with Gasteiger partial charge in [-0.1, -0.05) is 6.07 Å². The third-order valence-electron chi connectivity index (χ3n) is 3.08. The van der Waals surface area contributed by atoms with Crippen molar-refractivity contribution in [2.24, 2.45) is 0 Å². The zero-order chi connectivity index (χ0) is 12.5. The molecule has 0 radical (unpaired) electrons. The lowest BCUT2D eigenvalue weighted by atomic mass is 9.99. The molecule has 94 valence electrons. The Bertz CT molecular complexity index is 393. The highest BCUT2D eigenvalue weighted by Gasteiger charge is 2.21. The first-order valence-electron chi connectivity index (χ1n) is 5.93. The number of halogens is 2. The van der Waals surface area contributed by atoms with Crippen molar-refractivity contribution >= 4 is 5.69 Å². The van der Waals surface area contributed by atoms with Crippen LogP contribution in [0.1, 0.15) is 25.8 Å². The Morgan fingerprint density at radius 3 is 2.71 bits per heavy atom. The third-order valence-corrected chi connectivity index (χ3v) is 3.08. The second-order valence-electron chi connectivity index (χ2n) is 5.00. The van der Waals surface area contributed by atoms with E-state index in [1.165, 1.54) is 19.9 Å². The second kappa shape index (κ2) is 4.61. The monoisotopic (exact) mass is 240 g/mol. The van der Waals surface area contributed by atoms with Crippen LogP contribution in [0, 0.1) is 5.82 Å². The number of anilines is 1. The summed E-state index contributed by atoms with van der Waals surface area (Å²) < 4.78 is 27.4. The highest BCUT2D eigenvalue weighted by Crippen LogP contribution is 2.28. The van der Waals surface area contributed by atoms with Gasteiger partial charge < -0.3 is 10.6 Å². The molecule has 4 heteroatoms. The predicted molar refractivity (Wildman–Crippen MR) is 65.4 cm³/mol. The van der Waals surface area contributed by atoms with Gasteiger partial charge in [0, 0.05) is 12.6 Å². The molecule has 1 fully saturated rings. The minimum absolute atomic E-state index is 0.258. The van der Waals surface area contributed by atoms with Gasteiger partial charge in [0.2, 0.25) is 0 Å². The normalized spacial score (nSPS) is 20.6. The third kappa shape index (κ3) is 2.94. The van der Waals surface area contributed by atoms with Gasteiger partial charge in [-0.3, -0.25) is 0 Å². The van der Waals surface area contributed by atoms with Gasteiger partial charge >= 0.3 is 0 Å². The Labute approximate surface area is 100 Å². The average Bonchev–Trinajstić information content (AvgIpc) is 2.72. The summed E-state index contributed by atoms with van der Waals surface area (Å²) in [5.41, 5.74) is -0.689. The van der Waals surface area contributed by atoms with Crippen LogP contribution in [0.5, 0.6) is 0 Å². The molecule has 0 aliphatic carbocycles. The van der Waals surface area contributed by atoms with Crippen LogP contribution in [-0.4, -0.2) is 19.1 Å². The summed E-state index contributed by atoms with van der Waals surface area (Å²) >= 11 is 0. The molecule has 1 saturated heterocycles. The maximum atomic E-state index is 13.8. The molecule has 0 bridgehead atoms. The largest absolute Gasteiger partial charge is 0.379 e. The Morgan fingerprint density at radius 2 is 2.18 bits per heavy atom. The number of rotatable bonds is 3. The fourth-order valence-electron chi connectivity index (χ4n) is 2.00. The molecule has 0 saturated carbocycles. The molecule has 2 nitrogen and oxygen atoms in total. The van der Waals surface area contributed by atoms with E-state index in [1.807, 2.05) is 0 Å². The van der Waals surface area contributed by atoms with Gasteiger partial charge in [0.25, 0.3) is 0 Å². The lowest BCUT2D eigenvalue weighted by Gasteiger charge is -2.18. The van der Waals surface area contributed by atoms with Crippen LogP contribution in [0.2, 0.25) is 0 Å². The number of hydrogen-bond acceptors (Lipinski definition) is 2. The molecule has 1 unspecified atom stereocenters. The molecule has 1 aromatic carbocycles. The van der Waals surface area contributed by atoms with Crippen LogP contribution >= 0.6 is 0 Å². The quantitative estimate of drug-likeness (QED) is 0.849. The molecule has 0 amide bonds. The second-order valence-corrected chi connectivity index (χ2v) is 5.00. The summed E-state index contributed by atoms with van der Waals surface area (Å²) in [4.78, 5) is 0. The van der Waals surface area contributed by atoms with E-state index in [0.717, 1.165) is 19.5 Å². The zero-order valence-corrected chi connectivity index (χ0v) is 10.2. The van der Waals surface area contributed by atoms with Crippen molar-refractivity contribution < 1.29 is 8.78 Å². The molecule has 1 aliphatic heterocycles. The van der Waals surface area contributed by atoms with Gasteiger partial charge in [-0.2, -0.15) is 0 Å². The van der Waals surface area contributed by atoms with Gasteiger partial charge in [0.1, 0.15) is 11.5 Å². The molecule has 1 atom stereocenters. The molecule has 1 aromatic rings. The Balaban J connectivity index is 2.14. The SMILES string of the molecule is CC(C)(F)c1ccc(NC2CCNC2)c(F)c1. The Hall–Kier alpha value is -1.16. The van der Waals surface area contributed by atoms with E-state index in [4.69, 9.17) is 0 Å². The van der Waals surface area contributed by atoms with Gasteiger partial charge in [-0.25, -0.2) is 8.78 Å². The van der Waals surface area contributed by atoms with E-state index >= 15 is 0 Å². The maximum absolute atomic E-state index is 13.8. The van der Waals surface area contributed by atoms with Crippen LogP contribution in [0.3, 0.4) is 0 Å². The summed E-state index contributed by atoms with van der Waals surface area (Å²) in [6, 6.07) is 4.77. The summed E-state index contributed by atoms with van der Waals surface area (Å²) in [5.74, 6) is -0.389. The summed E-state index contributed by atoms with van der Waals surface area (Å²) in [6.07, 6.45) is 0.982. The van der Waals surface area contributed by atoms with Crippen molar-refractivity contribution in [3.05, 3.63) is 29.6 Å². The van der Waals surface area contributed by atoms with Gasteiger partial charge in [0.15, 0.2) is 0 Å². The van der Waals surface area contributed by atoms with E-state index < -0.39 is 5.67 Å². The Kier molecular flexibility index (Phi) is 3.33. The fourth-order valence-corrected chi connectivity index (χ4v) is 2.00. The van der Waals surface area contributed by atoms with E-state index in [2.05, 4.69) is 10.6 Å². The molecule has 2 N–H and O–H groups in total. The topological polar surface area (TPSA) is 24.1 Å². The predicted octanol–water partition coefficient (Wildman–Crippen LogP) is 2.80. The molecule has 0 aromatic heterocycles. The first kappa shape index (κ1) is 12.3. The van der Waals surface area contributed by atoms with Gasteiger partial charge in [-0.05, 0) is 44.5 Å². The molecular formula is C13H18F2N2. The first-order chi connectivity index (χ1) is 7.97. The molecular weight excluding hydrogens is 222 g/mol. The van der Waals surface area contributed by atoms with Gasteiger partial charge in [0.05, 0.1) is 5.69 Å². The van der Waals surface area contributed by atoms with E-state index in [9.17, 15) is 8.78 Å².